The van der Waals surface area contributed by atoms with Crippen molar-refractivity contribution in [3.05, 3.63) is 18.0 Å². The largest absolute Gasteiger partial charge is 0.383 e. The van der Waals surface area contributed by atoms with Crippen LogP contribution in [0.3, 0.4) is 0 Å². The molecule has 5 nitrogen and oxygen atoms in total. The standard InChI is InChI=1S/C14H24N4O/c1-11-9-18(10-12(11)2)14-16-7-13(8-17-14)6-15-4-5-19-3/h7-8,11-12,15H,4-6,9-10H2,1-3H3. The van der Waals surface area contributed by atoms with Gasteiger partial charge in [0.25, 0.3) is 0 Å². The summed E-state index contributed by atoms with van der Waals surface area (Å²) in [6.45, 7) is 9.06. The first-order valence-corrected chi connectivity index (χ1v) is 6.96. The Bertz CT molecular complexity index is 372. The summed E-state index contributed by atoms with van der Waals surface area (Å²) in [6.07, 6.45) is 3.82. The highest BCUT2D eigenvalue weighted by atomic mass is 16.5. The number of hydrogen-bond acceptors (Lipinski definition) is 5. The molecule has 1 fully saturated rings. The molecule has 0 spiro atoms. The summed E-state index contributed by atoms with van der Waals surface area (Å²) in [6, 6.07) is 0. The maximum absolute atomic E-state index is 4.99. The van der Waals surface area contributed by atoms with E-state index in [9.17, 15) is 0 Å². The number of rotatable bonds is 6. The lowest BCUT2D eigenvalue weighted by atomic mass is 10.0. The molecule has 1 saturated heterocycles. The predicted molar refractivity (Wildman–Crippen MR) is 76.2 cm³/mol. The molecular formula is C14H24N4O. The fourth-order valence-corrected chi connectivity index (χ4v) is 2.30. The van der Waals surface area contributed by atoms with Crippen LogP contribution in [0.4, 0.5) is 5.95 Å². The average molecular weight is 264 g/mol. The fourth-order valence-electron chi connectivity index (χ4n) is 2.30. The zero-order chi connectivity index (χ0) is 13.7. The summed E-state index contributed by atoms with van der Waals surface area (Å²) in [5, 5.41) is 3.29. The van der Waals surface area contributed by atoms with E-state index in [1.165, 1.54) is 0 Å². The fraction of sp³-hybridized carbons (Fsp3) is 0.714. The minimum absolute atomic E-state index is 0.721. The van der Waals surface area contributed by atoms with Crippen LogP contribution in [0.25, 0.3) is 0 Å². The minimum Gasteiger partial charge on any atom is -0.383 e. The maximum atomic E-state index is 4.99. The molecule has 0 amide bonds. The van der Waals surface area contributed by atoms with Gasteiger partial charge in [0.2, 0.25) is 5.95 Å². The number of methoxy groups -OCH3 is 1. The van der Waals surface area contributed by atoms with E-state index >= 15 is 0 Å². The molecule has 2 unspecified atom stereocenters. The molecule has 0 aromatic carbocycles. The van der Waals surface area contributed by atoms with E-state index < -0.39 is 0 Å². The Morgan fingerprint density at radius 3 is 2.47 bits per heavy atom. The number of nitrogens with one attached hydrogen (secondary N) is 1. The van der Waals surface area contributed by atoms with Crippen LogP contribution < -0.4 is 10.2 Å². The Labute approximate surface area is 115 Å². The van der Waals surface area contributed by atoms with Crippen LogP contribution in [0.5, 0.6) is 0 Å². The lowest BCUT2D eigenvalue weighted by molar-refractivity contribution is 0.199. The normalized spacial score (nSPS) is 23.0. The summed E-state index contributed by atoms with van der Waals surface area (Å²) in [7, 11) is 1.71. The van der Waals surface area contributed by atoms with Crippen LogP contribution in [0.15, 0.2) is 12.4 Å². The van der Waals surface area contributed by atoms with E-state index in [1.807, 2.05) is 12.4 Å². The predicted octanol–water partition coefficient (Wildman–Crippen LogP) is 1.30. The molecule has 5 heteroatoms. The van der Waals surface area contributed by atoms with Gasteiger partial charge >= 0.3 is 0 Å². The zero-order valence-electron chi connectivity index (χ0n) is 12.1. The molecule has 2 rings (SSSR count). The smallest absolute Gasteiger partial charge is 0.225 e. The quantitative estimate of drug-likeness (QED) is 0.785. The van der Waals surface area contributed by atoms with Gasteiger partial charge in [-0.05, 0) is 11.8 Å². The second-order valence-corrected chi connectivity index (χ2v) is 5.42. The highest BCUT2D eigenvalue weighted by Crippen LogP contribution is 2.24. The molecule has 0 saturated carbocycles. The highest BCUT2D eigenvalue weighted by molar-refractivity contribution is 5.32. The van der Waals surface area contributed by atoms with Crippen molar-refractivity contribution in [2.75, 3.05) is 38.3 Å². The lowest BCUT2D eigenvalue weighted by Crippen LogP contribution is -2.23. The number of anilines is 1. The summed E-state index contributed by atoms with van der Waals surface area (Å²) in [5.41, 5.74) is 1.11. The molecule has 0 radical (unpaired) electrons. The van der Waals surface area contributed by atoms with Gasteiger partial charge in [-0.1, -0.05) is 13.8 Å². The van der Waals surface area contributed by atoms with Crippen LogP contribution in [0, 0.1) is 11.8 Å². The summed E-state index contributed by atoms with van der Waals surface area (Å²) in [4.78, 5) is 11.2. The van der Waals surface area contributed by atoms with Crippen molar-refractivity contribution in [2.24, 2.45) is 11.8 Å². The molecule has 1 aromatic heterocycles. The van der Waals surface area contributed by atoms with Gasteiger partial charge in [-0.25, -0.2) is 9.97 Å². The van der Waals surface area contributed by atoms with Gasteiger partial charge in [-0.15, -0.1) is 0 Å². The molecule has 1 aromatic rings. The van der Waals surface area contributed by atoms with E-state index in [1.54, 1.807) is 7.11 Å². The number of nitrogens with zero attached hydrogens (tertiary/aromatic N) is 3. The number of ether oxygens (including phenoxy) is 1. The molecule has 19 heavy (non-hydrogen) atoms. The molecule has 2 atom stereocenters. The average Bonchev–Trinajstić information content (AvgIpc) is 2.76. The van der Waals surface area contributed by atoms with Crippen molar-refractivity contribution in [1.29, 1.82) is 0 Å². The first-order valence-electron chi connectivity index (χ1n) is 6.96. The molecule has 0 bridgehead atoms. The maximum Gasteiger partial charge on any atom is 0.225 e. The topological polar surface area (TPSA) is 50.3 Å². The van der Waals surface area contributed by atoms with Gasteiger partial charge < -0.3 is 15.0 Å². The second-order valence-electron chi connectivity index (χ2n) is 5.42. The van der Waals surface area contributed by atoms with Crippen molar-refractivity contribution < 1.29 is 4.74 Å². The first-order chi connectivity index (χ1) is 9.20. The van der Waals surface area contributed by atoms with Crippen LogP contribution in [0.2, 0.25) is 0 Å². The Morgan fingerprint density at radius 1 is 1.26 bits per heavy atom. The van der Waals surface area contributed by atoms with E-state index in [2.05, 4.69) is 34.0 Å². The van der Waals surface area contributed by atoms with Crippen molar-refractivity contribution in [2.45, 2.75) is 20.4 Å². The van der Waals surface area contributed by atoms with E-state index in [0.717, 1.165) is 56.1 Å². The summed E-state index contributed by atoms with van der Waals surface area (Å²) < 4.78 is 4.99. The van der Waals surface area contributed by atoms with Gasteiger partial charge in [0.05, 0.1) is 6.61 Å². The Kier molecular flexibility index (Phi) is 5.10. The molecule has 2 heterocycles. The zero-order valence-corrected chi connectivity index (χ0v) is 12.1. The van der Waals surface area contributed by atoms with Crippen molar-refractivity contribution in [1.82, 2.24) is 15.3 Å². The first kappa shape index (κ1) is 14.2. The lowest BCUT2D eigenvalue weighted by Gasteiger charge is -2.15. The monoisotopic (exact) mass is 264 g/mol. The van der Waals surface area contributed by atoms with Gasteiger partial charge in [-0.2, -0.15) is 0 Å². The Balaban J connectivity index is 1.85. The van der Waals surface area contributed by atoms with Crippen LogP contribution >= 0.6 is 0 Å². The number of aromatic nitrogens is 2. The van der Waals surface area contributed by atoms with Crippen LogP contribution in [-0.4, -0.2) is 43.3 Å². The van der Waals surface area contributed by atoms with Gasteiger partial charge in [0.15, 0.2) is 0 Å². The van der Waals surface area contributed by atoms with E-state index in [4.69, 9.17) is 4.74 Å². The highest BCUT2D eigenvalue weighted by Gasteiger charge is 2.27. The molecule has 1 N–H and O–H groups in total. The molecule has 0 aliphatic carbocycles. The summed E-state index contributed by atoms with van der Waals surface area (Å²) >= 11 is 0. The van der Waals surface area contributed by atoms with Crippen LogP contribution in [0.1, 0.15) is 19.4 Å². The third-order valence-electron chi connectivity index (χ3n) is 3.77. The summed E-state index contributed by atoms with van der Waals surface area (Å²) in [5.74, 6) is 2.30. The molecule has 1 aliphatic rings. The van der Waals surface area contributed by atoms with Gasteiger partial charge in [-0.3, -0.25) is 0 Å². The third kappa shape index (κ3) is 3.88. The van der Waals surface area contributed by atoms with Crippen molar-refractivity contribution >= 4 is 5.95 Å². The Morgan fingerprint density at radius 2 is 1.89 bits per heavy atom. The minimum atomic E-state index is 0.721. The third-order valence-corrected chi connectivity index (χ3v) is 3.77. The molecule has 106 valence electrons. The molecule has 1 aliphatic heterocycles. The Hall–Kier alpha value is -1.20. The van der Waals surface area contributed by atoms with Crippen LogP contribution in [-0.2, 0) is 11.3 Å². The van der Waals surface area contributed by atoms with Crippen molar-refractivity contribution in [3.63, 3.8) is 0 Å². The van der Waals surface area contributed by atoms with Gasteiger partial charge in [0.1, 0.15) is 0 Å². The number of hydrogen-bond donors (Lipinski definition) is 1. The SMILES string of the molecule is COCCNCc1cnc(N2CC(C)C(C)C2)nc1. The molecular weight excluding hydrogens is 240 g/mol. The van der Waals surface area contributed by atoms with E-state index in [0.29, 0.717) is 0 Å². The van der Waals surface area contributed by atoms with Crippen molar-refractivity contribution in [3.8, 4) is 0 Å². The second kappa shape index (κ2) is 6.82. The van der Waals surface area contributed by atoms with E-state index in [-0.39, 0.29) is 0 Å². The van der Waals surface area contributed by atoms with Gasteiger partial charge in [0, 0.05) is 51.2 Å².